The minimum Gasteiger partial charge on any atom is -0.372 e. The molecule has 2 aliphatic heterocycles. The van der Waals surface area contributed by atoms with Crippen LogP contribution in [0.25, 0.3) is 0 Å². The van der Waals surface area contributed by atoms with Gasteiger partial charge in [0.1, 0.15) is 10.7 Å². The van der Waals surface area contributed by atoms with Crippen LogP contribution in [0.1, 0.15) is 12.8 Å². The number of nitrogens with zero attached hydrogens (tertiary/aromatic N) is 3. The van der Waals surface area contributed by atoms with Gasteiger partial charge >= 0.3 is 0 Å². The molecule has 0 saturated carbocycles. The SMILES string of the molecule is CNc1ncc(Br)cc1S(=O)(=O)N1CCN2CCCC2C1. The molecule has 21 heavy (non-hydrogen) atoms. The number of nitrogens with one attached hydrogen (secondary N) is 1. The van der Waals surface area contributed by atoms with Crippen molar-refractivity contribution < 1.29 is 8.42 Å². The fourth-order valence-electron chi connectivity index (χ4n) is 3.13. The molecule has 0 amide bonds. The van der Waals surface area contributed by atoms with E-state index < -0.39 is 10.0 Å². The van der Waals surface area contributed by atoms with Gasteiger partial charge < -0.3 is 5.32 Å². The van der Waals surface area contributed by atoms with Crippen molar-refractivity contribution in [2.45, 2.75) is 23.8 Å². The quantitative estimate of drug-likeness (QED) is 0.864. The van der Waals surface area contributed by atoms with Gasteiger partial charge in [-0.3, -0.25) is 4.90 Å². The Labute approximate surface area is 133 Å². The average Bonchev–Trinajstić information content (AvgIpc) is 2.94. The van der Waals surface area contributed by atoms with Crippen molar-refractivity contribution in [2.24, 2.45) is 0 Å². The highest BCUT2D eigenvalue weighted by Crippen LogP contribution is 2.29. The molecule has 1 aromatic rings. The van der Waals surface area contributed by atoms with E-state index >= 15 is 0 Å². The van der Waals surface area contributed by atoms with E-state index in [1.807, 2.05) is 0 Å². The van der Waals surface area contributed by atoms with Gasteiger partial charge in [0.25, 0.3) is 0 Å². The standard InChI is InChI=1S/C13H19BrN4O2S/c1-15-13-12(7-10(14)8-16-13)21(19,20)18-6-5-17-4-2-3-11(17)9-18/h7-8,11H,2-6,9H2,1H3,(H,15,16). The number of sulfonamides is 1. The molecule has 0 bridgehead atoms. The molecule has 2 aliphatic rings. The van der Waals surface area contributed by atoms with Crippen molar-refractivity contribution in [3.63, 3.8) is 0 Å². The molecule has 116 valence electrons. The van der Waals surface area contributed by atoms with Crippen LogP contribution >= 0.6 is 15.9 Å². The van der Waals surface area contributed by atoms with Gasteiger partial charge in [-0.1, -0.05) is 0 Å². The van der Waals surface area contributed by atoms with Gasteiger partial charge in [0.2, 0.25) is 10.0 Å². The minimum absolute atomic E-state index is 0.242. The fourth-order valence-corrected chi connectivity index (χ4v) is 5.25. The molecule has 0 spiro atoms. The number of hydrogen-bond acceptors (Lipinski definition) is 5. The maximum atomic E-state index is 12.9. The van der Waals surface area contributed by atoms with Gasteiger partial charge in [-0.15, -0.1) is 0 Å². The second-order valence-corrected chi connectivity index (χ2v) is 8.27. The summed E-state index contributed by atoms with van der Waals surface area (Å²) in [6.07, 6.45) is 3.85. The lowest BCUT2D eigenvalue weighted by Gasteiger charge is -2.36. The van der Waals surface area contributed by atoms with E-state index in [1.54, 1.807) is 23.6 Å². The Bertz CT molecular complexity index is 637. The molecule has 3 rings (SSSR count). The molecule has 2 fully saturated rings. The number of pyridine rings is 1. The molecule has 1 aromatic heterocycles. The van der Waals surface area contributed by atoms with E-state index in [0.29, 0.717) is 29.4 Å². The third-order valence-electron chi connectivity index (χ3n) is 4.22. The van der Waals surface area contributed by atoms with Crippen LogP contribution in [0.2, 0.25) is 0 Å². The van der Waals surface area contributed by atoms with Crippen molar-refractivity contribution in [2.75, 3.05) is 38.5 Å². The van der Waals surface area contributed by atoms with Crippen LogP contribution in [-0.4, -0.2) is 61.9 Å². The number of halogens is 1. The maximum Gasteiger partial charge on any atom is 0.246 e. The third kappa shape index (κ3) is 2.81. The van der Waals surface area contributed by atoms with Crippen molar-refractivity contribution in [3.8, 4) is 0 Å². The van der Waals surface area contributed by atoms with E-state index in [4.69, 9.17) is 0 Å². The van der Waals surface area contributed by atoms with Gasteiger partial charge in [0, 0.05) is 43.4 Å². The number of aromatic nitrogens is 1. The largest absolute Gasteiger partial charge is 0.372 e. The highest BCUT2D eigenvalue weighted by molar-refractivity contribution is 9.10. The second kappa shape index (κ2) is 5.83. The van der Waals surface area contributed by atoms with E-state index in [-0.39, 0.29) is 4.90 Å². The topological polar surface area (TPSA) is 65.5 Å². The molecule has 0 aliphatic carbocycles. The number of piperazine rings is 1. The first-order valence-corrected chi connectivity index (χ1v) is 9.33. The van der Waals surface area contributed by atoms with Crippen LogP contribution in [-0.2, 0) is 10.0 Å². The lowest BCUT2D eigenvalue weighted by Crippen LogP contribution is -2.51. The van der Waals surface area contributed by atoms with E-state index in [2.05, 4.69) is 31.1 Å². The normalized spacial score (nSPS) is 24.0. The first kappa shape index (κ1) is 15.2. The minimum atomic E-state index is -3.51. The molecule has 1 N–H and O–H groups in total. The van der Waals surface area contributed by atoms with Crippen molar-refractivity contribution in [1.29, 1.82) is 0 Å². The number of rotatable bonds is 3. The Kier molecular flexibility index (Phi) is 4.22. The summed E-state index contributed by atoms with van der Waals surface area (Å²) in [6.45, 7) is 3.05. The van der Waals surface area contributed by atoms with Crippen molar-refractivity contribution in [1.82, 2.24) is 14.2 Å². The summed E-state index contributed by atoms with van der Waals surface area (Å²) in [5.41, 5.74) is 0. The van der Waals surface area contributed by atoms with E-state index in [9.17, 15) is 8.42 Å². The second-order valence-electron chi connectivity index (χ2n) is 5.45. The van der Waals surface area contributed by atoms with E-state index in [0.717, 1.165) is 19.5 Å². The Morgan fingerprint density at radius 3 is 2.95 bits per heavy atom. The highest BCUT2D eigenvalue weighted by Gasteiger charge is 2.37. The van der Waals surface area contributed by atoms with Crippen LogP contribution < -0.4 is 5.32 Å². The summed E-state index contributed by atoms with van der Waals surface area (Å²) in [5, 5.41) is 2.87. The summed E-state index contributed by atoms with van der Waals surface area (Å²) in [7, 11) is -1.83. The van der Waals surface area contributed by atoms with Gasteiger partial charge in [-0.05, 0) is 41.4 Å². The number of anilines is 1. The average molecular weight is 375 g/mol. The molecule has 8 heteroatoms. The highest BCUT2D eigenvalue weighted by atomic mass is 79.9. The summed E-state index contributed by atoms with van der Waals surface area (Å²) in [5.74, 6) is 0.395. The molecule has 3 heterocycles. The molecule has 1 atom stereocenters. The Morgan fingerprint density at radius 1 is 1.38 bits per heavy atom. The monoisotopic (exact) mass is 374 g/mol. The molecular weight excluding hydrogens is 356 g/mol. The van der Waals surface area contributed by atoms with Crippen LogP contribution in [0.15, 0.2) is 21.6 Å². The zero-order chi connectivity index (χ0) is 15.0. The fraction of sp³-hybridized carbons (Fsp3) is 0.615. The van der Waals surface area contributed by atoms with Gasteiger partial charge in [-0.25, -0.2) is 13.4 Å². The molecule has 0 aromatic carbocycles. The molecular formula is C13H19BrN4O2S. The number of fused-ring (bicyclic) bond motifs is 1. The molecule has 1 unspecified atom stereocenters. The van der Waals surface area contributed by atoms with Crippen LogP contribution in [0.4, 0.5) is 5.82 Å². The first-order valence-electron chi connectivity index (χ1n) is 7.10. The van der Waals surface area contributed by atoms with Gasteiger partial charge in [0.05, 0.1) is 0 Å². The summed E-state index contributed by atoms with van der Waals surface area (Å²) < 4.78 is 28.1. The number of hydrogen-bond donors (Lipinski definition) is 1. The Hall–Kier alpha value is -0.700. The van der Waals surface area contributed by atoms with Crippen LogP contribution in [0, 0.1) is 0 Å². The zero-order valence-corrected chi connectivity index (χ0v) is 14.3. The molecule has 2 saturated heterocycles. The molecule has 0 radical (unpaired) electrons. The smallest absolute Gasteiger partial charge is 0.246 e. The lowest BCUT2D eigenvalue weighted by atomic mass is 10.2. The van der Waals surface area contributed by atoms with Crippen molar-refractivity contribution in [3.05, 3.63) is 16.7 Å². The van der Waals surface area contributed by atoms with E-state index in [1.165, 1.54) is 6.42 Å². The summed E-state index contributed by atoms with van der Waals surface area (Å²) >= 11 is 3.31. The summed E-state index contributed by atoms with van der Waals surface area (Å²) in [4.78, 5) is 6.78. The maximum absolute atomic E-state index is 12.9. The predicted molar refractivity (Wildman–Crippen MR) is 84.8 cm³/mol. The molecule has 6 nitrogen and oxygen atoms in total. The Morgan fingerprint density at radius 2 is 2.19 bits per heavy atom. The first-order chi connectivity index (χ1) is 10.0. The summed E-state index contributed by atoms with van der Waals surface area (Å²) in [6, 6.07) is 1.99. The van der Waals surface area contributed by atoms with Crippen LogP contribution in [0.3, 0.4) is 0 Å². The lowest BCUT2D eigenvalue weighted by molar-refractivity contribution is 0.158. The van der Waals surface area contributed by atoms with Crippen molar-refractivity contribution >= 4 is 31.8 Å². The van der Waals surface area contributed by atoms with Gasteiger partial charge in [-0.2, -0.15) is 4.31 Å². The predicted octanol–water partition coefficient (Wildman–Crippen LogP) is 1.35. The zero-order valence-electron chi connectivity index (χ0n) is 11.9. The third-order valence-corrected chi connectivity index (χ3v) is 6.54. The Balaban J connectivity index is 1.91. The van der Waals surface area contributed by atoms with Crippen LogP contribution in [0.5, 0.6) is 0 Å². The van der Waals surface area contributed by atoms with Gasteiger partial charge in [0.15, 0.2) is 0 Å².